The summed E-state index contributed by atoms with van der Waals surface area (Å²) in [5, 5.41) is 14.5. The van der Waals surface area contributed by atoms with E-state index in [1.165, 1.54) is 0 Å². The molecule has 22 heavy (non-hydrogen) atoms. The minimum atomic E-state index is -0.317. The van der Waals surface area contributed by atoms with E-state index in [1.807, 2.05) is 13.0 Å². The van der Waals surface area contributed by atoms with Gasteiger partial charge in [-0.05, 0) is 50.1 Å². The van der Waals surface area contributed by atoms with Crippen LogP contribution in [-0.2, 0) is 0 Å². The Morgan fingerprint density at radius 1 is 1.27 bits per heavy atom. The SMILES string of the molecule is CCC(C)Nc1ccc(C(=O)Nc2ccc(C)c(Cl)c2)nn1. The van der Waals surface area contributed by atoms with Crippen molar-refractivity contribution in [2.45, 2.75) is 33.2 Å². The number of amides is 1. The van der Waals surface area contributed by atoms with Crippen LogP contribution in [0.4, 0.5) is 11.5 Å². The molecule has 0 aliphatic rings. The largest absolute Gasteiger partial charge is 0.366 e. The van der Waals surface area contributed by atoms with Gasteiger partial charge in [0.25, 0.3) is 5.91 Å². The molecule has 1 aromatic heterocycles. The zero-order valence-electron chi connectivity index (χ0n) is 12.9. The maximum Gasteiger partial charge on any atom is 0.276 e. The molecule has 6 heteroatoms. The molecule has 0 aliphatic heterocycles. The van der Waals surface area contributed by atoms with Crippen molar-refractivity contribution in [1.82, 2.24) is 10.2 Å². The quantitative estimate of drug-likeness (QED) is 0.877. The van der Waals surface area contributed by atoms with Crippen LogP contribution in [0.25, 0.3) is 0 Å². The van der Waals surface area contributed by atoms with Crippen LogP contribution in [0.1, 0.15) is 36.3 Å². The number of hydrogen-bond acceptors (Lipinski definition) is 4. The highest BCUT2D eigenvalue weighted by molar-refractivity contribution is 6.31. The molecule has 2 rings (SSSR count). The number of aromatic nitrogens is 2. The van der Waals surface area contributed by atoms with E-state index >= 15 is 0 Å². The Balaban J connectivity index is 2.04. The number of benzene rings is 1. The highest BCUT2D eigenvalue weighted by Crippen LogP contribution is 2.20. The zero-order valence-corrected chi connectivity index (χ0v) is 13.6. The molecular weight excluding hydrogens is 300 g/mol. The number of aryl methyl sites for hydroxylation is 1. The van der Waals surface area contributed by atoms with E-state index in [-0.39, 0.29) is 11.6 Å². The second-order valence-electron chi connectivity index (χ2n) is 5.18. The number of anilines is 2. The van der Waals surface area contributed by atoms with E-state index in [4.69, 9.17) is 11.6 Å². The van der Waals surface area contributed by atoms with Crippen LogP contribution in [0.2, 0.25) is 5.02 Å². The number of nitrogens with zero attached hydrogens (tertiary/aromatic N) is 2. The Labute approximate surface area is 135 Å². The summed E-state index contributed by atoms with van der Waals surface area (Å²) in [5.41, 5.74) is 1.84. The first-order valence-electron chi connectivity index (χ1n) is 7.17. The Morgan fingerprint density at radius 3 is 2.64 bits per heavy atom. The lowest BCUT2D eigenvalue weighted by atomic mass is 10.2. The standard InChI is InChI=1S/C16H19ClN4O/c1-4-11(3)18-15-8-7-14(20-21-15)16(22)19-12-6-5-10(2)13(17)9-12/h5-9,11H,4H2,1-3H3,(H,18,21)(H,19,22). The van der Waals surface area contributed by atoms with Crippen molar-refractivity contribution in [1.29, 1.82) is 0 Å². The first-order chi connectivity index (χ1) is 10.5. The zero-order chi connectivity index (χ0) is 16.1. The van der Waals surface area contributed by atoms with E-state index in [0.717, 1.165) is 12.0 Å². The van der Waals surface area contributed by atoms with Crippen LogP contribution in [-0.4, -0.2) is 22.1 Å². The number of carbonyl (C=O) groups excluding carboxylic acids is 1. The average Bonchev–Trinajstić information content (AvgIpc) is 2.51. The molecule has 0 radical (unpaired) electrons. The van der Waals surface area contributed by atoms with Crippen molar-refractivity contribution < 1.29 is 4.79 Å². The van der Waals surface area contributed by atoms with Crippen LogP contribution < -0.4 is 10.6 Å². The molecule has 1 aromatic carbocycles. The van der Waals surface area contributed by atoms with Crippen molar-refractivity contribution in [3.63, 3.8) is 0 Å². The lowest BCUT2D eigenvalue weighted by Crippen LogP contribution is -2.17. The highest BCUT2D eigenvalue weighted by Gasteiger charge is 2.10. The normalized spacial score (nSPS) is 11.8. The fraction of sp³-hybridized carbons (Fsp3) is 0.312. The molecule has 0 fully saturated rings. The number of nitrogens with one attached hydrogen (secondary N) is 2. The van der Waals surface area contributed by atoms with Gasteiger partial charge in [0.15, 0.2) is 5.69 Å². The molecule has 0 saturated carbocycles. The number of halogens is 1. The number of hydrogen-bond donors (Lipinski definition) is 2. The van der Waals surface area contributed by atoms with Gasteiger partial charge >= 0.3 is 0 Å². The molecular formula is C16H19ClN4O. The lowest BCUT2D eigenvalue weighted by Gasteiger charge is -2.11. The van der Waals surface area contributed by atoms with Crippen LogP contribution in [0, 0.1) is 6.92 Å². The van der Waals surface area contributed by atoms with Crippen molar-refractivity contribution in [3.05, 3.63) is 46.6 Å². The summed E-state index contributed by atoms with van der Waals surface area (Å²) in [6.07, 6.45) is 0.984. The van der Waals surface area contributed by atoms with Gasteiger partial charge < -0.3 is 10.6 Å². The van der Waals surface area contributed by atoms with Crippen LogP contribution >= 0.6 is 11.6 Å². The summed E-state index contributed by atoms with van der Waals surface area (Å²) in [6.45, 7) is 6.05. The average molecular weight is 319 g/mol. The summed E-state index contributed by atoms with van der Waals surface area (Å²) < 4.78 is 0. The molecule has 0 saturated heterocycles. The van der Waals surface area contributed by atoms with Gasteiger partial charge in [0.1, 0.15) is 5.82 Å². The van der Waals surface area contributed by atoms with Gasteiger partial charge in [0.2, 0.25) is 0 Å². The van der Waals surface area contributed by atoms with E-state index in [9.17, 15) is 4.79 Å². The van der Waals surface area contributed by atoms with Gasteiger partial charge in [0.05, 0.1) is 0 Å². The van der Waals surface area contributed by atoms with Crippen LogP contribution in [0.15, 0.2) is 30.3 Å². The van der Waals surface area contributed by atoms with Gasteiger partial charge in [0, 0.05) is 16.8 Å². The van der Waals surface area contributed by atoms with Gasteiger partial charge in [-0.3, -0.25) is 4.79 Å². The summed E-state index contributed by atoms with van der Waals surface area (Å²) in [6, 6.07) is 9.05. The van der Waals surface area contributed by atoms with Crippen molar-refractivity contribution in [3.8, 4) is 0 Å². The van der Waals surface area contributed by atoms with Crippen LogP contribution in [0.3, 0.4) is 0 Å². The highest BCUT2D eigenvalue weighted by atomic mass is 35.5. The summed E-state index contributed by atoms with van der Waals surface area (Å²) in [7, 11) is 0. The topological polar surface area (TPSA) is 66.9 Å². The fourth-order valence-corrected chi connectivity index (χ4v) is 1.93. The molecule has 1 amide bonds. The smallest absolute Gasteiger partial charge is 0.276 e. The second-order valence-corrected chi connectivity index (χ2v) is 5.58. The summed E-state index contributed by atoms with van der Waals surface area (Å²) in [4.78, 5) is 12.1. The van der Waals surface area contributed by atoms with Gasteiger partial charge in [-0.2, -0.15) is 0 Å². The number of carbonyl (C=O) groups is 1. The Bertz CT molecular complexity index is 658. The molecule has 2 aromatic rings. The lowest BCUT2D eigenvalue weighted by molar-refractivity contribution is 0.102. The Kier molecular flexibility index (Phi) is 5.33. The maximum absolute atomic E-state index is 12.1. The van der Waals surface area contributed by atoms with Crippen molar-refractivity contribution in [2.24, 2.45) is 0 Å². The molecule has 5 nitrogen and oxygen atoms in total. The van der Waals surface area contributed by atoms with Crippen LogP contribution in [0.5, 0.6) is 0 Å². The van der Waals surface area contributed by atoms with Crippen molar-refractivity contribution in [2.75, 3.05) is 10.6 Å². The van der Waals surface area contributed by atoms with E-state index in [0.29, 0.717) is 22.6 Å². The predicted octanol–water partition coefficient (Wildman–Crippen LogP) is 3.90. The summed E-state index contributed by atoms with van der Waals surface area (Å²) >= 11 is 6.04. The van der Waals surface area contributed by atoms with Gasteiger partial charge in [-0.15, -0.1) is 10.2 Å². The predicted molar refractivity (Wildman–Crippen MR) is 89.5 cm³/mol. The molecule has 2 N–H and O–H groups in total. The third-order valence-corrected chi connectivity index (χ3v) is 3.74. The maximum atomic E-state index is 12.1. The first kappa shape index (κ1) is 16.2. The molecule has 116 valence electrons. The fourth-order valence-electron chi connectivity index (χ4n) is 1.75. The molecule has 0 aliphatic carbocycles. The third kappa shape index (κ3) is 4.18. The molecule has 0 spiro atoms. The first-order valence-corrected chi connectivity index (χ1v) is 7.55. The van der Waals surface area contributed by atoms with Gasteiger partial charge in [-0.1, -0.05) is 24.6 Å². The van der Waals surface area contributed by atoms with Gasteiger partial charge in [-0.25, -0.2) is 0 Å². The molecule has 1 heterocycles. The minimum absolute atomic E-state index is 0.256. The van der Waals surface area contributed by atoms with E-state index < -0.39 is 0 Å². The molecule has 0 bridgehead atoms. The van der Waals surface area contributed by atoms with E-state index in [2.05, 4.69) is 34.7 Å². The number of rotatable bonds is 5. The monoisotopic (exact) mass is 318 g/mol. The van der Waals surface area contributed by atoms with Crippen molar-refractivity contribution >= 4 is 29.0 Å². The minimum Gasteiger partial charge on any atom is -0.366 e. The molecule has 1 unspecified atom stereocenters. The molecule has 1 atom stereocenters. The second kappa shape index (κ2) is 7.22. The Hall–Kier alpha value is -2.14. The summed E-state index contributed by atoms with van der Waals surface area (Å²) in [5.74, 6) is 0.340. The Morgan fingerprint density at radius 2 is 2.05 bits per heavy atom. The van der Waals surface area contributed by atoms with E-state index in [1.54, 1.807) is 24.3 Å². The third-order valence-electron chi connectivity index (χ3n) is 3.33.